The van der Waals surface area contributed by atoms with E-state index in [0.717, 1.165) is 71.6 Å². The number of nitrogens with zero attached hydrogens (tertiary/aromatic N) is 4. The smallest absolute Gasteiger partial charge is 0.382 e. The van der Waals surface area contributed by atoms with Crippen LogP contribution in [0.25, 0.3) is 27.5 Å². The quantitative estimate of drug-likeness (QED) is 0.212. The molecule has 5 aromatic rings. The Kier molecular flexibility index (Phi) is 6.47. The average molecular weight is 587 g/mol. The van der Waals surface area contributed by atoms with Crippen LogP contribution in [0.2, 0.25) is 0 Å². The normalized spacial score (nSPS) is 18.5. The summed E-state index contributed by atoms with van der Waals surface area (Å²) in [5, 5.41) is 10.4. The molecule has 2 aliphatic heterocycles. The number of fused-ring (bicyclic) bond motifs is 4. The first-order chi connectivity index (χ1) is 20.7. The van der Waals surface area contributed by atoms with Crippen LogP contribution in [0.3, 0.4) is 0 Å². The number of hydrogen-bond donors (Lipinski definition) is 4. The molecule has 2 aromatic heterocycles. The third kappa shape index (κ3) is 4.92. The van der Waals surface area contributed by atoms with Gasteiger partial charge in [0, 0.05) is 48.4 Å². The first-order valence-electron chi connectivity index (χ1n) is 14.0. The Hall–Kier alpha value is -4.68. The lowest BCUT2D eigenvalue weighted by Gasteiger charge is -2.27. The van der Waals surface area contributed by atoms with Gasteiger partial charge in [-0.1, -0.05) is 36.4 Å². The number of halogens is 3. The minimum Gasteiger partial charge on any atom is -0.382 e. The highest BCUT2D eigenvalue weighted by molar-refractivity contribution is 6.10. The molecule has 2 saturated heterocycles. The number of likely N-dealkylation sites (tertiary alicyclic amines) is 1. The monoisotopic (exact) mass is 586 g/mol. The zero-order valence-corrected chi connectivity index (χ0v) is 23.2. The number of amides is 2. The number of carbonyl (C=O) groups excluding carboxylic acids is 1. The molecule has 4 heterocycles. The van der Waals surface area contributed by atoms with E-state index in [2.05, 4.69) is 30.2 Å². The molecule has 5 N–H and O–H groups in total. The number of nitrogens with two attached hydrogens (primary N) is 1. The van der Waals surface area contributed by atoms with Gasteiger partial charge in [0.2, 0.25) is 0 Å². The van der Waals surface area contributed by atoms with Gasteiger partial charge >= 0.3 is 12.2 Å². The molecule has 220 valence electrons. The number of hydrogen-bond acceptors (Lipinski definition) is 6. The number of benzene rings is 3. The molecule has 0 aliphatic carbocycles. The van der Waals surface area contributed by atoms with Crippen molar-refractivity contribution in [3.63, 3.8) is 0 Å². The molecule has 7 rings (SSSR count). The molecule has 2 amide bonds. The maximum atomic E-state index is 13.1. The van der Waals surface area contributed by atoms with E-state index in [9.17, 15) is 18.0 Å². The van der Waals surface area contributed by atoms with Crippen molar-refractivity contribution in [2.45, 2.75) is 38.1 Å². The van der Waals surface area contributed by atoms with E-state index in [4.69, 9.17) is 10.7 Å². The summed E-state index contributed by atoms with van der Waals surface area (Å²) in [5.74, 6) is 1.17. The van der Waals surface area contributed by atoms with Gasteiger partial charge < -0.3 is 21.7 Å². The zero-order chi connectivity index (χ0) is 29.9. The zero-order valence-electron chi connectivity index (χ0n) is 23.2. The van der Waals surface area contributed by atoms with Gasteiger partial charge in [0.25, 0.3) is 0 Å². The van der Waals surface area contributed by atoms with Crippen molar-refractivity contribution in [1.82, 2.24) is 24.6 Å². The third-order valence-corrected chi connectivity index (χ3v) is 8.34. The van der Waals surface area contributed by atoms with Crippen LogP contribution in [-0.2, 0) is 12.7 Å². The topological polar surface area (TPSA) is 113 Å². The van der Waals surface area contributed by atoms with Gasteiger partial charge in [-0.2, -0.15) is 13.2 Å². The van der Waals surface area contributed by atoms with Gasteiger partial charge in [0.1, 0.15) is 22.9 Å². The number of imidazole rings is 1. The molecular formula is C31H29F3N8O. The van der Waals surface area contributed by atoms with E-state index in [-0.39, 0.29) is 5.69 Å². The number of anilines is 3. The Bertz CT molecular complexity index is 1890. The van der Waals surface area contributed by atoms with Crippen LogP contribution in [0.5, 0.6) is 0 Å². The Morgan fingerprint density at radius 2 is 1.91 bits per heavy atom. The number of aryl methyl sites for hydroxylation is 1. The fourth-order valence-electron chi connectivity index (χ4n) is 6.40. The molecule has 2 fully saturated rings. The maximum Gasteiger partial charge on any atom is 0.416 e. The second kappa shape index (κ2) is 10.2. The van der Waals surface area contributed by atoms with Crippen molar-refractivity contribution >= 4 is 39.5 Å². The van der Waals surface area contributed by atoms with Crippen LogP contribution < -0.4 is 21.7 Å². The Balaban J connectivity index is 1.22. The number of nitrogens with one attached hydrogen (secondary N) is 3. The molecule has 12 heteroatoms. The van der Waals surface area contributed by atoms with E-state index >= 15 is 0 Å². The summed E-state index contributed by atoms with van der Waals surface area (Å²) < 4.78 is 41.5. The number of alkyl halides is 3. The summed E-state index contributed by atoms with van der Waals surface area (Å²) in [7, 11) is 0. The van der Waals surface area contributed by atoms with Gasteiger partial charge in [-0.05, 0) is 43.0 Å². The summed E-state index contributed by atoms with van der Waals surface area (Å²) in [4.78, 5) is 24.8. The van der Waals surface area contributed by atoms with Crippen molar-refractivity contribution in [2.75, 3.05) is 29.5 Å². The highest BCUT2D eigenvalue weighted by Gasteiger charge is 2.37. The lowest BCUT2D eigenvalue weighted by Crippen LogP contribution is -2.43. The summed E-state index contributed by atoms with van der Waals surface area (Å²) in [6.45, 7) is 4.69. The summed E-state index contributed by atoms with van der Waals surface area (Å²) in [5.41, 5.74) is 9.40. The fraction of sp³-hybridized carbons (Fsp3) is 0.258. The third-order valence-electron chi connectivity index (χ3n) is 8.34. The number of nitrogen functional groups attached to an aromatic ring is 1. The van der Waals surface area contributed by atoms with Crippen molar-refractivity contribution in [3.8, 4) is 11.3 Å². The highest BCUT2D eigenvalue weighted by atomic mass is 19.4. The van der Waals surface area contributed by atoms with Gasteiger partial charge in [-0.25, -0.2) is 14.8 Å². The van der Waals surface area contributed by atoms with Crippen molar-refractivity contribution in [1.29, 1.82) is 0 Å². The standard InChI is InChI=1S/C31H29F3N8O/c1-17-38-27(28-29(35)37-14-22(42(17)28)16-41-15-20-12-21(41)13-36-20)25-9-10-26(24-8-3-2-7-23(24)25)40-30(43)39-19-6-4-5-18(11-19)31(32,33)34/h2-11,14,20-21,36H,12-13,15-16H2,1H3,(H2,35,37)(H2,39,40,43). The molecule has 3 aromatic carbocycles. The van der Waals surface area contributed by atoms with Crippen LogP contribution in [0.4, 0.5) is 35.2 Å². The number of urea groups is 1. The lowest BCUT2D eigenvalue weighted by molar-refractivity contribution is -0.137. The first kappa shape index (κ1) is 27.2. The van der Waals surface area contributed by atoms with Gasteiger partial charge in [-0.3, -0.25) is 9.30 Å². The molecule has 2 bridgehead atoms. The summed E-state index contributed by atoms with van der Waals surface area (Å²) >= 11 is 0. The lowest BCUT2D eigenvalue weighted by atomic mass is 10.00. The Morgan fingerprint density at radius 3 is 2.65 bits per heavy atom. The Labute approximate surface area is 244 Å². The van der Waals surface area contributed by atoms with Crippen molar-refractivity contribution in [2.24, 2.45) is 0 Å². The molecule has 0 spiro atoms. The molecule has 0 radical (unpaired) electrons. The van der Waals surface area contributed by atoms with E-state index in [1.165, 1.54) is 12.1 Å². The number of piperazine rings is 1. The van der Waals surface area contributed by atoms with E-state index in [0.29, 0.717) is 29.3 Å². The molecule has 2 atom stereocenters. The molecular weight excluding hydrogens is 557 g/mol. The number of carbonyl (C=O) groups is 1. The second-order valence-electron chi connectivity index (χ2n) is 11.1. The number of rotatable bonds is 5. The Morgan fingerprint density at radius 1 is 1.09 bits per heavy atom. The summed E-state index contributed by atoms with van der Waals surface area (Å²) in [6.07, 6.45) is -1.53. The predicted octanol–water partition coefficient (Wildman–Crippen LogP) is 5.65. The van der Waals surface area contributed by atoms with Crippen LogP contribution in [-0.4, -0.2) is 50.5 Å². The number of aromatic nitrogens is 3. The van der Waals surface area contributed by atoms with Crippen LogP contribution in [0.15, 0.2) is 66.9 Å². The average Bonchev–Trinajstić information content (AvgIpc) is 3.70. The van der Waals surface area contributed by atoms with E-state index < -0.39 is 17.8 Å². The van der Waals surface area contributed by atoms with E-state index in [1.54, 1.807) is 6.07 Å². The highest BCUT2D eigenvalue weighted by Crippen LogP contribution is 2.37. The van der Waals surface area contributed by atoms with Crippen molar-refractivity contribution in [3.05, 3.63) is 83.9 Å². The van der Waals surface area contributed by atoms with Crippen molar-refractivity contribution < 1.29 is 18.0 Å². The van der Waals surface area contributed by atoms with Crippen LogP contribution in [0, 0.1) is 6.92 Å². The molecule has 2 aliphatic rings. The maximum absolute atomic E-state index is 13.1. The molecule has 2 unspecified atom stereocenters. The SMILES string of the molecule is Cc1nc(-c2ccc(NC(=O)Nc3cccc(C(F)(F)F)c3)c3ccccc23)c2c(N)ncc(CN3CC4CC3CN4)n12. The largest absolute Gasteiger partial charge is 0.416 e. The van der Waals surface area contributed by atoms with Gasteiger partial charge in [0.05, 0.1) is 23.1 Å². The minimum absolute atomic E-state index is 0.0324. The molecule has 9 nitrogen and oxygen atoms in total. The summed E-state index contributed by atoms with van der Waals surface area (Å²) in [6, 6.07) is 16.0. The molecule has 43 heavy (non-hydrogen) atoms. The van der Waals surface area contributed by atoms with Crippen LogP contribution in [0.1, 0.15) is 23.5 Å². The first-order valence-corrected chi connectivity index (χ1v) is 14.0. The fourth-order valence-corrected chi connectivity index (χ4v) is 6.40. The second-order valence-corrected chi connectivity index (χ2v) is 11.1. The molecule has 0 saturated carbocycles. The van der Waals surface area contributed by atoms with E-state index in [1.807, 2.05) is 43.5 Å². The predicted molar refractivity (Wildman–Crippen MR) is 160 cm³/mol. The van der Waals surface area contributed by atoms with Crippen LogP contribution >= 0.6 is 0 Å². The minimum atomic E-state index is -4.51. The van der Waals surface area contributed by atoms with Gasteiger partial charge in [-0.15, -0.1) is 0 Å². The van der Waals surface area contributed by atoms with Gasteiger partial charge in [0.15, 0.2) is 0 Å².